The second-order valence-corrected chi connectivity index (χ2v) is 5.49. The highest BCUT2D eigenvalue weighted by molar-refractivity contribution is 9.10. The van der Waals surface area contributed by atoms with E-state index in [1.165, 1.54) is 0 Å². The van der Waals surface area contributed by atoms with Gasteiger partial charge in [-0.25, -0.2) is 4.98 Å². The molecule has 2 N–H and O–H groups in total. The molecule has 2 rings (SSSR count). The molecule has 0 fully saturated rings. The van der Waals surface area contributed by atoms with Crippen molar-refractivity contribution in [3.05, 3.63) is 51.5 Å². The molecule has 0 saturated carbocycles. The fourth-order valence-corrected chi connectivity index (χ4v) is 2.54. The third kappa shape index (κ3) is 3.23. The van der Waals surface area contributed by atoms with E-state index in [2.05, 4.69) is 25.9 Å². The van der Waals surface area contributed by atoms with E-state index in [9.17, 15) is 4.79 Å². The molecule has 0 saturated heterocycles. The molecule has 100 valence electrons. The van der Waals surface area contributed by atoms with E-state index in [1.807, 2.05) is 32.0 Å². The predicted octanol–water partition coefficient (Wildman–Crippen LogP) is 3.40. The molecular weight excluding hydrogens is 308 g/mol. The molecule has 1 aromatic carbocycles. The average molecular weight is 323 g/mol. The lowest BCUT2D eigenvalue weighted by atomic mass is 9.90. The quantitative estimate of drug-likeness (QED) is 0.906. The minimum Gasteiger partial charge on any atom is -0.481 e. The molecule has 0 spiro atoms. The second kappa shape index (κ2) is 5.57. The number of aliphatic carboxylic acids is 1. The Hall–Kier alpha value is -1.62. The van der Waals surface area contributed by atoms with Gasteiger partial charge in [0, 0.05) is 22.3 Å². The van der Waals surface area contributed by atoms with Crippen LogP contribution in [0.1, 0.15) is 35.0 Å². The van der Waals surface area contributed by atoms with Gasteiger partial charge in [0.1, 0.15) is 5.82 Å². The third-order valence-electron chi connectivity index (χ3n) is 3.09. The first-order valence-electron chi connectivity index (χ1n) is 5.96. The number of H-pyrrole nitrogens is 1. The van der Waals surface area contributed by atoms with Crippen LogP contribution in [0.2, 0.25) is 0 Å². The van der Waals surface area contributed by atoms with E-state index in [-0.39, 0.29) is 12.3 Å². The normalized spacial score (nSPS) is 12.4. The lowest BCUT2D eigenvalue weighted by Gasteiger charge is -2.16. The van der Waals surface area contributed by atoms with Crippen molar-refractivity contribution in [2.24, 2.45) is 0 Å². The van der Waals surface area contributed by atoms with E-state index in [0.717, 1.165) is 27.1 Å². The van der Waals surface area contributed by atoms with Crippen molar-refractivity contribution in [3.8, 4) is 0 Å². The number of carbonyl (C=O) groups is 1. The summed E-state index contributed by atoms with van der Waals surface area (Å²) in [6.07, 6.45) is 1.75. The largest absolute Gasteiger partial charge is 0.481 e. The van der Waals surface area contributed by atoms with Crippen LogP contribution in [0.25, 0.3) is 0 Å². The standard InChI is InChI=1S/C14H15BrN2O2/c1-8-3-4-10(15)5-11(8)12(6-14(18)19)13-7-16-9(2)17-13/h3-5,7,12H,6H2,1-2H3,(H,16,17)(H,18,19). The van der Waals surface area contributed by atoms with Crippen LogP contribution in [0, 0.1) is 13.8 Å². The summed E-state index contributed by atoms with van der Waals surface area (Å²) in [5, 5.41) is 9.13. The van der Waals surface area contributed by atoms with Gasteiger partial charge in [-0.2, -0.15) is 0 Å². The molecule has 1 atom stereocenters. The summed E-state index contributed by atoms with van der Waals surface area (Å²) < 4.78 is 0.944. The van der Waals surface area contributed by atoms with Gasteiger partial charge in [-0.15, -0.1) is 0 Å². The Balaban J connectivity index is 2.48. The van der Waals surface area contributed by atoms with Gasteiger partial charge in [-0.05, 0) is 37.1 Å². The summed E-state index contributed by atoms with van der Waals surface area (Å²) in [5.41, 5.74) is 2.91. The molecule has 0 aliphatic carbocycles. The van der Waals surface area contributed by atoms with Crippen LogP contribution >= 0.6 is 15.9 Å². The van der Waals surface area contributed by atoms with Crippen LogP contribution in [0.4, 0.5) is 0 Å². The Labute approximate surface area is 120 Å². The number of aryl methyl sites for hydroxylation is 2. The maximum Gasteiger partial charge on any atom is 0.304 e. The van der Waals surface area contributed by atoms with Gasteiger partial charge in [-0.3, -0.25) is 4.79 Å². The molecule has 1 heterocycles. The van der Waals surface area contributed by atoms with Crippen molar-refractivity contribution in [2.75, 3.05) is 0 Å². The molecule has 0 aliphatic rings. The molecule has 4 nitrogen and oxygen atoms in total. The number of nitrogens with zero attached hydrogens (tertiary/aromatic N) is 1. The van der Waals surface area contributed by atoms with Gasteiger partial charge >= 0.3 is 5.97 Å². The number of carboxylic acids is 1. The molecule has 2 aromatic rings. The van der Waals surface area contributed by atoms with Crippen LogP contribution in [0.5, 0.6) is 0 Å². The first kappa shape index (κ1) is 13.8. The number of halogens is 1. The summed E-state index contributed by atoms with van der Waals surface area (Å²) in [6.45, 7) is 3.84. The SMILES string of the molecule is Cc1ncc(C(CC(=O)O)c2cc(Br)ccc2C)[nH]1. The van der Waals surface area contributed by atoms with Gasteiger partial charge in [-0.1, -0.05) is 22.0 Å². The summed E-state index contributed by atoms with van der Waals surface area (Å²) in [7, 11) is 0. The first-order chi connectivity index (χ1) is 8.97. The van der Waals surface area contributed by atoms with Crippen LogP contribution in [-0.4, -0.2) is 21.0 Å². The topological polar surface area (TPSA) is 66.0 Å². The number of imidazole rings is 1. The Kier molecular flexibility index (Phi) is 4.04. The van der Waals surface area contributed by atoms with Crippen molar-refractivity contribution >= 4 is 21.9 Å². The Morgan fingerprint density at radius 2 is 2.21 bits per heavy atom. The number of carboxylic acid groups (broad SMARTS) is 1. The summed E-state index contributed by atoms with van der Waals surface area (Å²) in [6, 6.07) is 5.91. The van der Waals surface area contributed by atoms with Gasteiger partial charge in [0.05, 0.1) is 6.42 Å². The number of rotatable bonds is 4. The van der Waals surface area contributed by atoms with Crippen molar-refractivity contribution in [1.29, 1.82) is 0 Å². The number of hydrogen-bond donors (Lipinski definition) is 2. The van der Waals surface area contributed by atoms with Gasteiger partial charge in [0.25, 0.3) is 0 Å². The molecule has 0 aliphatic heterocycles. The monoisotopic (exact) mass is 322 g/mol. The van der Waals surface area contributed by atoms with Gasteiger partial charge in [0.15, 0.2) is 0 Å². The zero-order chi connectivity index (χ0) is 14.0. The lowest BCUT2D eigenvalue weighted by Crippen LogP contribution is -2.10. The predicted molar refractivity (Wildman–Crippen MR) is 76.3 cm³/mol. The minimum absolute atomic E-state index is 0.0406. The maximum atomic E-state index is 11.1. The fourth-order valence-electron chi connectivity index (χ4n) is 2.17. The maximum absolute atomic E-state index is 11.1. The van der Waals surface area contributed by atoms with E-state index < -0.39 is 5.97 Å². The van der Waals surface area contributed by atoms with Crippen molar-refractivity contribution in [2.45, 2.75) is 26.2 Å². The lowest BCUT2D eigenvalue weighted by molar-refractivity contribution is -0.137. The second-order valence-electron chi connectivity index (χ2n) is 4.58. The smallest absolute Gasteiger partial charge is 0.304 e. The molecule has 5 heteroatoms. The van der Waals surface area contributed by atoms with E-state index in [1.54, 1.807) is 6.20 Å². The van der Waals surface area contributed by atoms with Crippen LogP contribution in [-0.2, 0) is 4.79 Å². The molecule has 19 heavy (non-hydrogen) atoms. The minimum atomic E-state index is -0.823. The van der Waals surface area contributed by atoms with Crippen LogP contribution in [0.3, 0.4) is 0 Å². The van der Waals surface area contributed by atoms with Crippen LogP contribution < -0.4 is 0 Å². The highest BCUT2D eigenvalue weighted by atomic mass is 79.9. The molecule has 0 bridgehead atoms. The Bertz CT molecular complexity index is 607. The summed E-state index contributed by atoms with van der Waals surface area (Å²) in [4.78, 5) is 18.4. The number of benzene rings is 1. The van der Waals surface area contributed by atoms with Gasteiger partial charge < -0.3 is 10.1 Å². The Morgan fingerprint density at radius 1 is 1.47 bits per heavy atom. The average Bonchev–Trinajstić information content (AvgIpc) is 2.76. The zero-order valence-corrected chi connectivity index (χ0v) is 12.4. The third-order valence-corrected chi connectivity index (χ3v) is 3.59. The summed E-state index contributed by atoms with van der Waals surface area (Å²) >= 11 is 3.44. The van der Waals surface area contributed by atoms with Gasteiger partial charge in [0.2, 0.25) is 0 Å². The van der Waals surface area contributed by atoms with Crippen molar-refractivity contribution in [1.82, 2.24) is 9.97 Å². The zero-order valence-electron chi connectivity index (χ0n) is 10.8. The molecule has 0 amide bonds. The number of aromatic nitrogens is 2. The molecule has 0 radical (unpaired) electrons. The molecule has 1 aromatic heterocycles. The number of aromatic amines is 1. The highest BCUT2D eigenvalue weighted by Gasteiger charge is 2.21. The van der Waals surface area contributed by atoms with Crippen molar-refractivity contribution < 1.29 is 9.90 Å². The number of hydrogen-bond acceptors (Lipinski definition) is 2. The molecule has 1 unspecified atom stereocenters. The number of nitrogens with one attached hydrogen (secondary N) is 1. The van der Waals surface area contributed by atoms with Crippen molar-refractivity contribution in [3.63, 3.8) is 0 Å². The van der Waals surface area contributed by atoms with Crippen LogP contribution in [0.15, 0.2) is 28.9 Å². The van der Waals surface area contributed by atoms with E-state index in [4.69, 9.17) is 5.11 Å². The fraction of sp³-hybridized carbons (Fsp3) is 0.286. The molecular formula is C14H15BrN2O2. The van der Waals surface area contributed by atoms with E-state index in [0.29, 0.717) is 0 Å². The first-order valence-corrected chi connectivity index (χ1v) is 6.76. The Morgan fingerprint density at radius 3 is 2.79 bits per heavy atom. The highest BCUT2D eigenvalue weighted by Crippen LogP contribution is 2.31. The van der Waals surface area contributed by atoms with E-state index >= 15 is 0 Å². The summed E-state index contributed by atoms with van der Waals surface area (Å²) in [5.74, 6) is -0.245.